The van der Waals surface area contributed by atoms with E-state index in [0.29, 0.717) is 4.47 Å². The molecule has 1 heterocycles. The highest BCUT2D eigenvalue weighted by molar-refractivity contribution is 9.10. The van der Waals surface area contributed by atoms with Crippen LogP contribution in [0.1, 0.15) is 11.9 Å². The van der Waals surface area contributed by atoms with Crippen molar-refractivity contribution >= 4 is 28.3 Å². The molecule has 3 N–H and O–H groups in total. The van der Waals surface area contributed by atoms with Crippen molar-refractivity contribution in [1.82, 2.24) is 11.1 Å². The average Bonchev–Trinajstić information content (AvgIpc) is 2.03. The predicted octanol–water partition coefficient (Wildman–Crippen LogP) is 3.70. The van der Waals surface area contributed by atoms with Crippen molar-refractivity contribution < 1.29 is 13.2 Å². The third kappa shape index (κ3) is 4.26. The largest absolute Gasteiger partial charge is 0.344 e. The Balaban J connectivity index is 0. The molecule has 1 aromatic rings. The van der Waals surface area contributed by atoms with Crippen LogP contribution >= 0.6 is 28.3 Å². The molecule has 2 nitrogen and oxygen atoms in total. The molecule has 1 rings (SSSR count). The molecule has 0 aromatic carbocycles. The number of halogens is 5. The van der Waals surface area contributed by atoms with Crippen molar-refractivity contribution in [3.05, 3.63) is 28.5 Å². The summed E-state index contributed by atoms with van der Waals surface area (Å²) in [5.41, 5.74) is -0.251. The fourth-order valence-electron chi connectivity index (χ4n) is 0.701. The molecule has 0 aliphatic rings. The Morgan fingerprint density at radius 1 is 1.29 bits per heavy atom. The molecule has 0 spiro atoms. The SMILES string of the molecule is Cl.FC(F)[C@H](F)c1cc(Br)ccn1.N. The number of rotatable bonds is 2. The van der Waals surface area contributed by atoms with Crippen molar-refractivity contribution in [2.75, 3.05) is 0 Å². The van der Waals surface area contributed by atoms with Gasteiger partial charge in [0.1, 0.15) is 0 Å². The normalized spacial score (nSPS) is 11.5. The lowest BCUT2D eigenvalue weighted by Crippen LogP contribution is -2.04. The highest BCUT2D eigenvalue weighted by Crippen LogP contribution is 2.24. The molecule has 0 fully saturated rings. The van der Waals surface area contributed by atoms with E-state index in [2.05, 4.69) is 20.9 Å². The van der Waals surface area contributed by atoms with Gasteiger partial charge in [-0.2, -0.15) is 0 Å². The summed E-state index contributed by atoms with van der Waals surface area (Å²) in [6.07, 6.45) is -4.05. The Bertz CT molecular complexity index is 275. The summed E-state index contributed by atoms with van der Waals surface area (Å²) in [6.45, 7) is 0. The van der Waals surface area contributed by atoms with E-state index in [1.54, 1.807) is 6.07 Å². The van der Waals surface area contributed by atoms with Crippen LogP contribution in [-0.4, -0.2) is 11.4 Å². The van der Waals surface area contributed by atoms with Gasteiger partial charge in [0.05, 0.1) is 5.69 Å². The van der Waals surface area contributed by atoms with E-state index in [1.807, 2.05) is 0 Å². The van der Waals surface area contributed by atoms with Crippen LogP contribution in [0.5, 0.6) is 0 Å². The first-order valence-electron chi connectivity index (χ1n) is 3.15. The Hall–Kier alpha value is -0.330. The topological polar surface area (TPSA) is 47.9 Å². The van der Waals surface area contributed by atoms with Crippen LogP contribution in [0.3, 0.4) is 0 Å². The fraction of sp³-hybridized carbons (Fsp3) is 0.286. The maximum Gasteiger partial charge on any atom is 0.275 e. The minimum Gasteiger partial charge on any atom is -0.344 e. The van der Waals surface area contributed by atoms with Crippen LogP contribution in [-0.2, 0) is 0 Å². The molecule has 0 radical (unpaired) electrons. The van der Waals surface area contributed by atoms with Crippen LogP contribution in [0.2, 0.25) is 0 Å². The van der Waals surface area contributed by atoms with Crippen LogP contribution < -0.4 is 6.15 Å². The minimum atomic E-state index is -3.02. The summed E-state index contributed by atoms with van der Waals surface area (Å²) in [4.78, 5) is 3.48. The minimum absolute atomic E-state index is 0. The van der Waals surface area contributed by atoms with Crippen LogP contribution in [0.25, 0.3) is 0 Å². The quantitative estimate of drug-likeness (QED) is 0.903. The number of pyridine rings is 1. The molecule has 0 amide bonds. The Kier molecular flexibility index (Phi) is 8.09. The van der Waals surface area contributed by atoms with Crippen molar-refractivity contribution in [2.24, 2.45) is 0 Å². The number of alkyl halides is 3. The van der Waals surface area contributed by atoms with E-state index in [1.165, 1.54) is 12.3 Å². The van der Waals surface area contributed by atoms with Gasteiger partial charge < -0.3 is 6.15 Å². The van der Waals surface area contributed by atoms with Gasteiger partial charge in [-0.25, -0.2) is 13.2 Å². The summed E-state index contributed by atoms with van der Waals surface area (Å²) in [7, 11) is 0. The van der Waals surface area contributed by atoms with Gasteiger partial charge >= 0.3 is 0 Å². The molecular weight excluding hydrogens is 284 g/mol. The van der Waals surface area contributed by atoms with Crippen LogP contribution in [0, 0.1) is 0 Å². The zero-order valence-corrected chi connectivity index (χ0v) is 9.36. The van der Waals surface area contributed by atoms with E-state index in [4.69, 9.17) is 0 Å². The van der Waals surface area contributed by atoms with Crippen molar-refractivity contribution in [1.29, 1.82) is 0 Å². The zero-order valence-electron chi connectivity index (χ0n) is 6.96. The van der Waals surface area contributed by atoms with Gasteiger partial charge in [0.2, 0.25) is 6.17 Å². The first-order valence-corrected chi connectivity index (χ1v) is 3.94. The molecule has 82 valence electrons. The van der Waals surface area contributed by atoms with E-state index in [-0.39, 0.29) is 24.3 Å². The highest BCUT2D eigenvalue weighted by atomic mass is 79.9. The van der Waals surface area contributed by atoms with Gasteiger partial charge in [0.15, 0.2) is 0 Å². The molecule has 0 aliphatic heterocycles. The van der Waals surface area contributed by atoms with Gasteiger partial charge in [-0.15, -0.1) is 12.4 Å². The summed E-state index contributed by atoms with van der Waals surface area (Å²) in [6, 6.07) is 2.78. The number of nitrogens with zero attached hydrogens (tertiary/aromatic N) is 1. The van der Waals surface area contributed by atoms with E-state index < -0.39 is 12.6 Å². The first kappa shape index (κ1) is 16.1. The second-order valence-corrected chi connectivity index (χ2v) is 3.05. The third-order valence-electron chi connectivity index (χ3n) is 1.25. The second-order valence-electron chi connectivity index (χ2n) is 2.14. The molecule has 0 saturated carbocycles. The van der Waals surface area contributed by atoms with E-state index in [9.17, 15) is 13.2 Å². The van der Waals surface area contributed by atoms with Crippen molar-refractivity contribution in [3.8, 4) is 0 Å². The number of hydrogen-bond donors (Lipinski definition) is 1. The van der Waals surface area contributed by atoms with E-state index in [0.717, 1.165) is 0 Å². The zero-order chi connectivity index (χ0) is 9.14. The summed E-state index contributed by atoms with van der Waals surface area (Å²) >= 11 is 3.03. The third-order valence-corrected chi connectivity index (χ3v) is 1.74. The first-order chi connectivity index (χ1) is 5.61. The maximum atomic E-state index is 12.6. The Morgan fingerprint density at radius 3 is 2.29 bits per heavy atom. The van der Waals surface area contributed by atoms with E-state index >= 15 is 0 Å². The maximum absolute atomic E-state index is 12.6. The number of hydrogen-bond acceptors (Lipinski definition) is 2. The van der Waals surface area contributed by atoms with Gasteiger partial charge in [-0.05, 0) is 12.1 Å². The Morgan fingerprint density at radius 2 is 1.86 bits per heavy atom. The van der Waals surface area contributed by atoms with Gasteiger partial charge in [0, 0.05) is 10.7 Å². The molecular formula is C7H9BrClF3N2. The summed E-state index contributed by atoms with van der Waals surface area (Å²) in [5, 5.41) is 0. The fourth-order valence-corrected chi connectivity index (χ4v) is 1.05. The molecule has 14 heavy (non-hydrogen) atoms. The molecule has 1 atom stereocenters. The van der Waals surface area contributed by atoms with Crippen LogP contribution in [0.4, 0.5) is 13.2 Å². The molecule has 0 saturated heterocycles. The van der Waals surface area contributed by atoms with Crippen molar-refractivity contribution in [3.63, 3.8) is 0 Å². The highest BCUT2D eigenvalue weighted by Gasteiger charge is 2.22. The lowest BCUT2D eigenvalue weighted by Gasteiger charge is -2.05. The lowest BCUT2D eigenvalue weighted by atomic mass is 10.2. The molecule has 0 unspecified atom stereocenters. The number of aromatic nitrogens is 1. The van der Waals surface area contributed by atoms with Gasteiger partial charge in [-0.3, -0.25) is 4.98 Å². The standard InChI is InChI=1S/C7H5BrF3N.ClH.H3N/c8-4-1-2-12-5(3-4)6(9)7(10)11;;/h1-3,6-7H;1H;1H3/t6-;;/m1../s1. The molecule has 7 heteroatoms. The lowest BCUT2D eigenvalue weighted by molar-refractivity contribution is 0.0472. The average molecular weight is 294 g/mol. The van der Waals surface area contributed by atoms with Gasteiger partial charge in [0.25, 0.3) is 6.43 Å². The summed E-state index contributed by atoms with van der Waals surface area (Å²) in [5.74, 6) is 0. The second kappa shape index (κ2) is 7.03. The predicted molar refractivity (Wildman–Crippen MR) is 54.1 cm³/mol. The molecule has 0 aliphatic carbocycles. The monoisotopic (exact) mass is 292 g/mol. The van der Waals surface area contributed by atoms with Gasteiger partial charge in [-0.1, -0.05) is 15.9 Å². The van der Waals surface area contributed by atoms with Crippen LogP contribution in [0.15, 0.2) is 22.8 Å². The summed E-state index contributed by atoms with van der Waals surface area (Å²) < 4.78 is 36.8. The molecule has 0 bridgehead atoms. The molecule has 1 aromatic heterocycles. The Labute approximate surface area is 94.0 Å². The smallest absolute Gasteiger partial charge is 0.275 e. The van der Waals surface area contributed by atoms with Crippen molar-refractivity contribution in [2.45, 2.75) is 12.6 Å².